The lowest BCUT2D eigenvalue weighted by Gasteiger charge is -2.28. The van der Waals surface area contributed by atoms with Gasteiger partial charge in [0, 0.05) is 31.2 Å². The van der Waals surface area contributed by atoms with E-state index in [0.717, 1.165) is 36.0 Å². The van der Waals surface area contributed by atoms with E-state index in [0.29, 0.717) is 12.6 Å². The number of amides is 1. The molecule has 0 heterocycles. The summed E-state index contributed by atoms with van der Waals surface area (Å²) in [4.78, 5) is 16.5. The Kier molecular flexibility index (Phi) is 6.53. The molecule has 0 spiro atoms. The molecule has 26 heavy (non-hydrogen) atoms. The van der Waals surface area contributed by atoms with Crippen molar-refractivity contribution >= 4 is 17.6 Å². The minimum atomic E-state index is 0.158. The van der Waals surface area contributed by atoms with E-state index < -0.39 is 0 Å². The second-order valence-corrected chi connectivity index (χ2v) is 7.84. The highest BCUT2D eigenvalue weighted by Gasteiger charge is 2.25. The first-order valence-electron chi connectivity index (χ1n) is 10.0. The molecule has 2 fully saturated rings. The number of carbonyl (C=O) groups is 1. The van der Waals surface area contributed by atoms with E-state index in [9.17, 15) is 4.79 Å². The number of aliphatic imine (C=N–C) groups is 1. The number of guanidine groups is 1. The molecule has 142 valence electrons. The second-order valence-electron chi connectivity index (χ2n) is 7.84. The molecular formula is C21H32N4O. The van der Waals surface area contributed by atoms with Gasteiger partial charge in [-0.25, -0.2) is 0 Å². The maximum Gasteiger partial charge on any atom is 0.227 e. The molecule has 0 unspecified atom stereocenters. The summed E-state index contributed by atoms with van der Waals surface area (Å²) in [6, 6.07) is 8.58. The number of hydrogen-bond donors (Lipinski definition) is 3. The first-order valence-corrected chi connectivity index (χ1v) is 10.0. The molecule has 3 rings (SSSR count). The molecule has 1 aromatic carbocycles. The molecule has 3 N–H and O–H groups in total. The van der Waals surface area contributed by atoms with Crippen LogP contribution in [-0.2, 0) is 11.3 Å². The zero-order valence-corrected chi connectivity index (χ0v) is 16.1. The average molecular weight is 357 g/mol. The summed E-state index contributed by atoms with van der Waals surface area (Å²) in [6.07, 6.45) is 8.22. The fourth-order valence-corrected chi connectivity index (χ4v) is 3.65. The van der Waals surface area contributed by atoms with E-state index in [1.807, 2.05) is 25.2 Å². The zero-order chi connectivity index (χ0) is 18.4. The number of nitrogens with one attached hydrogen (secondary N) is 3. The first-order chi connectivity index (χ1) is 12.6. The fourth-order valence-electron chi connectivity index (χ4n) is 3.65. The van der Waals surface area contributed by atoms with Crippen LogP contribution in [0.15, 0.2) is 29.3 Å². The van der Waals surface area contributed by atoms with Crippen molar-refractivity contribution in [2.45, 2.75) is 64.5 Å². The van der Waals surface area contributed by atoms with Crippen LogP contribution >= 0.6 is 0 Å². The number of nitrogens with zero attached hydrogens (tertiary/aromatic N) is 1. The molecule has 0 aromatic heterocycles. The summed E-state index contributed by atoms with van der Waals surface area (Å²) in [5.74, 6) is 2.07. The molecule has 1 aromatic rings. The van der Waals surface area contributed by atoms with Crippen molar-refractivity contribution < 1.29 is 4.79 Å². The molecule has 0 saturated heterocycles. The number of carbonyl (C=O) groups excluding carboxylic acids is 1. The highest BCUT2D eigenvalue weighted by molar-refractivity contribution is 5.93. The SMILES string of the molecule is CN=C(NCc1cccc(NC(=O)C2CCC2)c1)NC1CCC(C)CC1. The normalized spacial score (nSPS) is 23.8. The molecule has 2 aliphatic carbocycles. The Morgan fingerprint density at radius 3 is 2.58 bits per heavy atom. The Hall–Kier alpha value is -2.04. The molecule has 0 radical (unpaired) electrons. The van der Waals surface area contributed by atoms with Gasteiger partial charge in [0.15, 0.2) is 5.96 Å². The van der Waals surface area contributed by atoms with E-state index >= 15 is 0 Å². The van der Waals surface area contributed by atoms with Gasteiger partial charge in [-0.2, -0.15) is 0 Å². The van der Waals surface area contributed by atoms with Crippen LogP contribution in [0.4, 0.5) is 5.69 Å². The topological polar surface area (TPSA) is 65.5 Å². The van der Waals surface area contributed by atoms with Gasteiger partial charge in [0.2, 0.25) is 5.91 Å². The third-order valence-electron chi connectivity index (χ3n) is 5.71. The summed E-state index contributed by atoms with van der Waals surface area (Å²) in [5.41, 5.74) is 2.02. The van der Waals surface area contributed by atoms with Crippen molar-refractivity contribution in [2.75, 3.05) is 12.4 Å². The van der Waals surface area contributed by atoms with Crippen molar-refractivity contribution in [3.05, 3.63) is 29.8 Å². The zero-order valence-electron chi connectivity index (χ0n) is 16.1. The predicted octanol–water partition coefficient (Wildman–Crippen LogP) is 3.67. The molecule has 5 heteroatoms. The van der Waals surface area contributed by atoms with Crippen molar-refractivity contribution in [3.8, 4) is 0 Å². The van der Waals surface area contributed by atoms with Crippen LogP contribution in [0.5, 0.6) is 0 Å². The number of anilines is 1. The molecule has 1 amide bonds. The quantitative estimate of drug-likeness (QED) is 0.557. The van der Waals surface area contributed by atoms with Crippen molar-refractivity contribution in [2.24, 2.45) is 16.8 Å². The largest absolute Gasteiger partial charge is 0.354 e. The van der Waals surface area contributed by atoms with E-state index in [1.54, 1.807) is 0 Å². The third kappa shape index (κ3) is 5.23. The second kappa shape index (κ2) is 9.06. The van der Waals surface area contributed by atoms with Crippen molar-refractivity contribution in [3.63, 3.8) is 0 Å². The minimum Gasteiger partial charge on any atom is -0.354 e. The van der Waals surface area contributed by atoms with Crippen LogP contribution in [0.1, 0.15) is 57.4 Å². The Balaban J connectivity index is 1.48. The lowest BCUT2D eigenvalue weighted by Crippen LogP contribution is -2.44. The van der Waals surface area contributed by atoms with Gasteiger partial charge in [0.25, 0.3) is 0 Å². The van der Waals surface area contributed by atoms with Crippen LogP contribution < -0.4 is 16.0 Å². The van der Waals surface area contributed by atoms with Gasteiger partial charge in [-0.15, -0.1) is 0 Å². The predicted molar refractivity (Wildman–Crippen MR) is 107 cm³/mol. The minimum absolute atomic E-state index is 0.158. The van der Waals surface area contributed by atoms with Crippen LogP contribution in [0, 0.1) is 11.8 Å². The van der Waals surface area contributed by atoms with E-state index in [-0.39, 0.29) is 11.8 Å². The lowest BCUT2D eigenvalue weighted by atomic mass is 9.85. The molecular weight excluding hydrogens is 324 g/mol. The van der Waals surface area contributed by atoms with Crippen LogP contribution in [0.25, 0.3) is 0 Å². The Morgan fingerprint density at radius 1 is 1.15 bits per heavy atom. The van der Waals surface area contributed by atoms with Crippen LogP contribution in [-0.4, -0.2) is 25.0 Å². The molecule has 0 bridgehead atoms. The lowest BCUT2D eigenvalue weighted by molar-refractivity contribution is -0.122. The summed E-state index contributed by atoms with van der Waals surface area (Å²) in [7, 11) is 1.82. The summed E-state index contributed by atoms with van der Waals surface area (Å²) >= 11 is 0. The fraction of sp³-hybridized carbons (Fsp3) is 0.619. The summed E-state index contributed by atoms with van der Waals surface area (Å²) < 4.78 is 0. The van der Waals surface area contributed by atoms with Gasteiger partial charge < -0.3 is 16.0 Å². The monoisotopic (exact) mass is 356 g/mol. The van der Waals surface area contributed by atoms with Gasteiger partial charge in [0.05, 0.1) is 0 Å². The Morgan fingerprint density at radius 2 is 1.92 bits per heavy atom. The molecule has 2 saturated carbocycles. The van der Waals surface area contributed by atoms with Crippen LogP contribution in [0.2, 0.25) is 0 Å². The van der Waals surface area contributed by atoms with Gasteiger partial charge in [-0.1, -0.05) is 25.5 Å². The Bertz CT molecular complexity index is 631. The first kappa shape index (κ1) is 18.7. The molecule has 5 nitrogen and oxygen atoms in total. The number of rotatable bonds is 5. The Labute approximate surface area is 157 Å². The van der Waals surface area contributed by atoms with Gasteiger partial charge >= 0.3 is 0 Å². The van der Waals surface area contributed by atoms with E-state index in [1.165, 1.54) is 32.1 Å². The summed E-state index contributed by atoms with van der Waals surface area (Å²) in [6.45, 7) is 3.02. The highest BCUT2D eigenvalue weighted by atomic mass is 16.1. The molecule has 0 atom stereocenters. The highest BCUT2D eigenvalue weighted by Crippen LogP contribution is 2.27. The third-order valence-corrected chi connectivity index (χ3v) is 5.71. The number of hydrogen-bond acceptors (Lipinski definition) is 2. The molecule has 0 aliphatic heterocycles. The maximum atomic E-state index is 12.1. The molecule has 2 aliphatic rings. The van der Waals surface area contributed by atoms with Crippen molar-refractivity contribution in [1.29, 1.82) is 0 Å². The standard InChI is InChI=1S/C21H32N4O/c1-15-9-11-18(12-10-15)25-21(22-2)23-14-16-5-3-8-19(13-16)24-20(26)17-6-4-7-17/h3,5,8,13,15,17-18H,4,6-7,9-12,14H2,1-2H3,(H,24,26)(H2,22,23,25). The number of benzene rings is 1. The van der Waals surface area contributed by atoms with Gasteiger partial charge in [0.1, 0.15) is 0 Å². The average Bonchev–Trinajstić information content (AvgIpc) is 2.59. The van der Waals surface area contributed by atoms with Crippen LogP contribution in [0.3, 0.4) is 0 Å². The van der Waals surface area contributed by atoms with Gasteiger partial charge in [-0.3, -0.25) is 9.79 Å². The van der Waals surface area contributed by atoms with E-state index in [2.05, 4.69) is 33.9 Å². The maximum absolute atomic E-state index is 12.1. The summed E-state index contributed by atoms with van der Waals surface area (Å²) in [5, 5.41) is 9.98. The smallest absolute Gasteiger partial charge is 0.227 e. The van der Waals surface area contributed by atoms with E-state index in [4.69, 9.17) is 0 Å². The van der Waals surface area contributed by atoms with Gasteiger partial charge in [-0.05, 0) is 62.1 Å². The van der Waals surface area contributed by atoms with Crippen molar-refractivity contribution in [1.82, 2.24) is 10.6 Å².